The Morgan fingerprint density at radius 3 is 2.75 bits per heavy atom. The van der Waals surface area contributed by atoms with Gasteiger partial charge in [-0.05, 0) is 53.1 Å². The first kappa shape index (κ1) is 13.9. The highest BCUT2D eigenvalue weighted by Crippen LogP contribution is 2.31. The molecule has 1 aromatic carbocycles. The van der Waals surface area contributed by atoms with E-state index in [9.17, 15) is 4.79 Å². The van der Waals surface area contributed by atoms with Crippen LogP contribution in [0, 0.1) is 2.88 Å². The maximum absolute atomic E-state index is 12.6. The molecule has 2 aromatic rings. The van der Waals surface area contributed by atoms with Gasteiger partial charge in [0.1, 0.15) is 0 Å². The molecule has 1 heterocycles. The lowest BCUT2D eigenvalue weighted by molar-refractivity contribution is 0.0731. The zero-order valence-corrected chi connectivity index (χ0v) is 13.9. The lowest BCUT2D eigenvalue weighted by atomic mass is 10.1. The highest BCUT2D eigenvalue weighted by atomic mass is 127. The van der Waals surface area contributed by atoms with E-state index in [0.717, 1.165) is 32.5 Å². The molecule has 5 heteroatoms. The summed E-state index contributed by atoms with van der Waals surface area (Å²) in [5, 5.41) is 1.94. The summed E-state index contributed by atoms with van der Waals surface area (Å²) >= 11 is 3.85. The summed E-state index contributed by atoms with van der Waals surface area (Å²) in [5.74, 6) is 0.120. The van der Waals surface area contributed by atoms with E-state index in [2.05, 4.69) is 22.6 Å². The molecule has 1 fully saturated rings. The molecule has 2 N–H and O–H groups in total. The number of para-hydroxylation sites is 1. The number of benzene rings is 1. The number of hydrogen-bond acceptors (Lipinski definition) is 3. The van der Waals surface area contributed by atoms with E-state index >= 15 is 0 Å². The largest absolute Gasteiger partial charge is 0.398 e. The molecule has 0 radical (unpaired) electrons. The first-order valence-electron chi connectivity index (χ1n) is 6.53. The number of hydrogen-bond donors (Lipinski definition) is 1. The summed E-state index contributed by atoms with van der Waals surface area (Å²) in [4.78, 5) is 14.6. The van der Waals surface area contributed by atoms with Crippen LogP contribution in [0.1, 0.15) is 28.8 Å². The molecule has 1 aliphatic rings. The van der Waals surface area contributed by atoms with E-state index in [0.29, 0.717) is 12.6 Å². The van der Waals surface area contributed by atoms with Gasteiger partial charge in [-0.15, -0.1) is 11.3 Å². The van der Waals surface area contributed by atoms with Gasteiger partial charge >= 0.3 is 0 Å². The Labute approximate surface area is 135 Å². The number of anilines is 1. The van der Waals surface area contributed by atoms with Crippen LogP contribution in [0.3, 0.4) is 0 Å². The second kappa shape index (κ2) is 5.73. The lowest BCUT2D eigenvalue weighted by Crippen LogP contribution is -2.32. The van der Waals surface area contributed by atoms with Crippen molar-refractivity contribution in [3.63, 3.8) is 0 Å². The lowest BCUT2D eigenvalue weighted by Gasteiger charge is -2.23. The zero-order chi connectivity index (χ0) is 14.1. The summed E-state index contributed by atoms with van der Waals surface area (Å²) in [6.45, 7) is 0.600. The maximum Gasteiger partial charge on any atom is 0.255 e. The van der Waals surface area contributed by atoms with Crippen molar-refractivity contribution in [3.05, 3.63) is 49.7 Å². The maximum atomic E-state index is 12.6. The summed E-state index contributed by atoms with van der Waals surface area (Å²) in [5.41, 5.74) is 8.57. The Balaban J connectivity index is 1.83. The first-order chi connectivity index (χ1) is 9.65. The third-order valence-electron chi connectivity index (χ3n) is 3.46. The van der Waals surface area contributed by atoms with Crippen LogP contribution in [-0.2, 0) is 6.54 Å². The summed E-state index contributed by atoms with van der Waals surface area (Å²) in [7, 11) is 0. The number of nitrogens with zero attached hydrogens (tertiary/aromatic N) is 1. The molecule has 3 nitrogen and oxygen atoms in total. The summed E-state index contributed by atoms with van der Waals surface area (Å²) in [6, 6.07) is 10.1. The van der Waals surface area contributed by atoms with Gasteiger partial charge in [0.05, 0.1) is 8.45 Å². The molecule has 1 aliphatic carbocycles. The Morgan fingerprint density at radius 1 is 1.40 bits per heavy atom. The minimum atomic E-state index is 0.120. The van der Waals surface area contributed by atoms with Crippen molar-refractivity contribution in [2.75, 3.05) is 5.73 Å². The number of rotatable bonds is 4. The minimum absolute atomic E-state index is 0.120. The van der Waals surface area contributed by atoms with E-state index in [1.807, 2.05) is 40.6 Å². The van der Waals surface area contributed by atoms with Crippen molar-refractivity contribution in [3.8, 4) is 0 Å². The third kappa shape index (κ3) is 2.98. The molecule has 0 bridgehead atoms. The second-order valence-corrected chi connectivity index (χ2v) is 7.81. The van der Waals surface area contributed by atoms with Gasteiger partial charge in [0.25, 0.3) is 5.91 Å². The molecule has 0 atom stereocenters. The van der Waals surface area contributed by atoms with Crippen LogP contribution < -0.4 is 5.73 Å². The molecule has 1 amide bonds. The van der Waals surface area contributed by atoms with Crippen LogP contribution in [0.15, 0.2) is 35.7 Å². The number of carbonyl (C=O) groups excluding carboxylic acids is 1. The summed E-state index contributed by atoms with van der Waals surface area (Å²) < 4.78 is 1.14. The van der Waals surface area contributed by atoms with Crippen LogP contribution in [0.4, 0.5) is 5.69 Å². The molecule has 0 saturated heterocycles. The normalized spacial score (nSPS) is 14.2. The van der Waals surface area contributed by atoms with Gasteiger partial charge in [0, 0.05) is 23.7 Å². The van der Waals surface area contributed by atoms with Gasteiger partial charge in [0.2, 0.25) is 0 Å². The van der Waals surface area contributed by atoms with Crippen molar-refractivity contribution in [1.82, 2.24) is 4.90 Å². The van der Waals surface area contributed by atoms with E-state index in [4.69, 9.17) is 5.73 Å². The van der Waals surface area contributed by atoms with Crippen molar-refractivity contribution < 1.29 is 4.79 Å². The quantitative estimate of drug-likeness (QED) is 0.630. The zero-order valence-electron chi connectivity index (χ0n) is 10.9. The molecule has 3 rings (SSSR count). The van der Waals surface area contributed by atoms with Gasteiger partial charge < -0.3 is 10.6 Å². The molecule has 0 aliphatic heterocycles. The van der Waals surface area contributed by atoms with Crippen molar-refractivity contribution >= 4 is 45.5 Å². The topological polar surface area (TPSA) is 46.3 Å². The number of thiophene rings is 1. The second-order valence-electron chi connectivity index (χ2n) is 5.00. The Hall–Kier alpha value is -1.08. The minimum Gasteiger partial charge on any atom is -0.398 e. The van der Waals surface area contributed by atoms with Gasteiger partial charge in [0.15, 0.2) is 0 Å². The molecule has 1 saturated carbocycles. The average molecular weight is 398 g/mol. The molecule has 0 spiro atoms. The highest BCUT2D eigenvalue weighted by Gasteiger charge is 2.33. The van der Waals surface area contributed by atoms with Crippen LogP contribution in [0.5, 0.6) is 0 Å². The van der Waals surface area contributed by atoms with E-state index < -0.39 is 0 Å². The molecule has 20 heavy (non-hydrogen) atoms. The smallest absolute Gasteiger partial charge is 0.255 e. The van der Waals surface area contributed by atoms with Crippen LogP contribution in [0.25, 0.3) is 0 Å². The Bertz CT molecular complexity index is 636. The highest BCUT2D eigenvalue weighted by molar-refractivity contribution is 14.1. The number of carbonyl (C=O) groups is 1. The van der Waals surface area contributed by atoms with Crippen LogP contribution in [0.2, 0.25) is 0 Å². The number of amides is 1. The van der Waals surface area contributed by atoms with Crippen LogP contribution >= 0.6 is 33.9 Å². The molecular formula is C15H15IN2OS. The molecule has 1 aromatic heterocycles. The predicted molar refractivity (Wildman–Crippen MR) is 90.8 cm³/mol. The summed E-state index contributed by atoms with van der Waals surface area (Å²) in [6.07, 6.45) is 2.19. The van der Waals surface area contributed by atoms with E-state index in [-0.39, 0.29) is 5.91 Å². The van der Waals surface area contributed by atoms with Crippen molar-refractivity contribution in [2.24, 2.45) is 0 Å². The monoisotopic (exact) mass is 398 g/mol. The van der Waals surface area contributed by atoms with Crippen molar-refractivity contribution in [1.29, 1.82) is 0 Å². The third-order valence-corrected chi connectivity index (χ3v) is 5.25. The van der Waals surface area contributed by atoms with Gasteiger partial charge in [-0.2, -0.15) is 0 Å². The fourth-order valence-electron chi connectivity index (χ4n) is 2.20. The van der Waals surface area contributed by atoms with E-state index in [1.165, 1.54) is 0 Å². The fourth-order valence-corrected chi connectivity index (χ4v) is 3.52. The van der Waals surface area contributed by atoms with E-state index in [1.54, 1.807) is 11.3 Å². The van der Waals surface area contributed by atoms with Crippen LogP contribution in [-0.4, -0.2) is 16.8 Å². The Kier molecular flexibility index (Phi) is 3.98. The average Bonchev–Trinajstić information content (AvgIpc) is 3.18. The fraction of sp³-hybridized carbons (Fsp3) is 0.267. The number of nitrogens with two attached hydrogens (primary N) is 1. The predicted octanol–water partition coefficient (Wildman–Crippen LogP) is 3.74. The Morgan fingerprint density at radius 2 is 2.15 bits per heavy atom. The SMILES string of the molecule is Nc1ccccc1CN(C(=O)c1csc(I)c1)C1CC1. The number of halogens is 1. The standard InChI is InChI=1S/C15H15IN2OS/c16-14-7-11(9-20-14)15(19)18(12-5-6-12)8-10-3-1-2-4-13(10)17/h1-4,7,9,12H,5-6,8,17H2. The first-order valence-corrected chi connectivity index (χ1v) is 8.49. The molecule has 0 unspecified atom stereocenters. The van der Waals surface area contributed by atoms with Crippen molar-refractivity contribution in [2.45, 2.75) is 25.4 Å². The van der Waals surface area contributed by atoms with Gasteiger partial charge in [-0.3, -0.25) is 4.79 Å². The number of nitrogen functional groups attached to an aromatic ring is 1. The van der Waals surface area contributed by atoms with Gasteiger partial charge in [-0.25, -0.2) is 0 Å². The molecular weight excluding hydrogens is 383 g/mol. The molecule has 104 valence electrons. The van der Waals surface area contributed by atoms with Gasteiger partial charge in [-0.1, -0.05) is 18.2 Å².